The molecule has 0 bridgehead atoms. The summed E-state index contributed by atoms with van der Waals surface area (Å²) < 4.78 is 0. The Balaban J connectivity index is 2.22. The highest BCUT2D eigenvalue weighted by molar-refractivity contribution is 6.12. The standard InChI is InChI=1S/C15H22N4O2/c1-19(2)12-7-5-6-11(10-12)17-14(20)15(13(16)18-21)8-3-4-9-15/h5-7,10,21H,3-4,8-9H2,1-2H3,(H2,16,18)(H,17,20). The molecule has 1 fully saturated rings. The minimum Gasteiger partial charge on any atom is -0.409 e. The van der Waals surface area contributed by atoms with Crippen LogP contribution in [0.25, 0.3) is 0 Å². The van der Waals surface area contributed by atoms with Crippen LogP contribution in [-0.4, -0.2) is 31.0 Å². The summed E-state index contributed by atoms with van der Waals surface area (Å²) in [5.41, 5.74) is 6.60. The number of hydrogen-bond donors (Lipinski definition) is 3. The summed E-state index contributed by atoms with van der Waals surface area (Å²) in [6.45, 7) is 0. The van der Waals surface area contributed by atoms with Gasteiger partial charge in [0.25, 0.3) is 0 Å². The SMILES string of the molecule is CN(C)c1cccc(NC(=O)C2(/C(N)=N/O)CCCC2)c1. The maximum absolute atomic E-state index is 12.6. The number of carbonyl (C=O) groups is 1. The molecule has 0 heterocycles. The molecule has 114 valence electrons. The van der Waals surface area contributed by atoms with Crippen LogP contribution in [-0.2, 0) is 4.79 Å². The largest absolute Gasteiger partial charge is 0.409 e. The first-order valence-electron chi connectivity index (χ1n) is 7.06. The summed E-state index contributed by atoms with van der Waals surface area (Å²) in [6, 6.07) is 7.58. The van der Waals surface area contributed by atoms with E-state index in [4.69, 9.17) is 10.9 Å². The van der Waals surface area contributed by atoms with Gasteiger partial charge in [-0.05, 0) is 31.0 Å². The highest BCUT2D eigenvalue weighted by Crippen LogP contribution is 2.39. The van der Waals surface area contributed by atoms with Gasteiger partial charge in [-0.3, -0.25) is 4.79 Å². The fraction of sp³-hybridized carbons (Fsp3) is 0.467. The molecule has 2 rings (SSSR count). The molecular weight excluding hydrogens is 268 g/mol. The van der Waals surface area contributed by atoms with Crippen LogP contribution in [0.3, 0.4) is 0 Å². The molecule has 6 nitrogen and oxygen atoms in total. The Morgan fingerprint density at radius 3 is 2.62 bits per heavy atom. The van der Waals surface area contributed by atoms with Gasteiger partial charge in [-0.1, -0.05) is 24.1 Å². The first-order chi connectivity index (χ1) is 9.99. The first-order valence-corrected chi connectivity index (χ1v) is 7.06. The van der Waals surface area contributed by atoms with E-state index in [-0.39, 0.29) is 11.7 Å². The maximum atomic E-state index is 12.6. The molecule has 0 saturated heterocycles. The summed E-state index contributed by atoms with van der Waals surface area (Å²) >= 11 is 0. The number of rotatable bonds is 4. The zero-order chi connectivity index (χ0) is 15.5. The maximum Gasteiger partial charge on any atom is 0.238 e. The van der Waals surface area contributed by atoms with Gasteiger partial charge >= 0.3 is 0 Å². The quantitative estimate of drug-likeness (QED) is 0.342. The number of benzene rings is 1. The molecule has 0 spiro atoms. The number of oxime groups is 1. The van der Waals surface area contributed by atoms with Crippen molar-refractivity contribution in [3.63, 3.8) is 0 Å². The van der Waals surface area contributed by atoms with Gasteiger partial charge in [0.15, 0.2) is 5.84 Å². The number of amidine groups is 1. The molecule has 1 aromatic rings. The number of nitrogens with two attached hydrogens (primary N) is 1. The van der Waals surface area contributed by atoms with Crippen molar-refractivity contribution in [1.82, 2.24) is 0 Å². The monoisotopic (exact) mass is 290 g/mol. The van der Waals surface area contributed by atoms with Crippen molar-refractivity contribution in [1.29, 1.82) is 0 Å². The lowest BCUT2D eigenvalue weighted by molar-refractivity contribution is -0.122. The van der Waals surface area contributed by atoms with Crippen molar-refractivity contribution in [2.24, 2.45) is 16.3 Å². The summed E-state index contributed by atoms with van der Waals surface area (Å²) in [5, 5.41) is 14.9. The van der Waals surface area contributed by atoms with Crippen molar-refractivity contribution in [3.8, 4) is 0 Å². The number of nitrogens with one attached hydrogen (secondary N) is 1. The van der Waals surface area contributed by atoms with Crippen molar-refractivity contribution in [2.75, 3.05) is 24.3 Å². The van der Waals surface area contributed by atoms with Crippen molar-refractivity contribution in [3.05, 3.63) is 24.3 Å². The molecule has 4 N–H and O–H groups in total. The molecule has 0 unspecified atom stereocenters. The molecule has 0 radical (unpaired) electrons. The predicted molar refractivity (Wildman–Crippen MR) is 83.7 cm³/mol. The molecule has 0 aliphatic heterocycles. The fourth-order valence-electron chi connectivity index (χ4n) is 2.79. The minimum absolute atomic E-state index is 0.00117. The van der Waals surface area contributed by atoms with E-state index in [1.165, 1.54) is 0 Å². The minimum atomic E-state index is -0.886. The first kappa shape index (κ1) is 15.2. The molecule has 6 heteroatoms. The average molecular weight is 290 g/mol. The van der Waals surface area contributed by atoms with E-state index in [1.54, 1.807) is 0 Å². The molecule has 1 aliphatic rings. The summed E-state index contributed by atoms with van der Waals surface area (Å²) in [4.78, 5) is 14.6. The van der Waals surface area contributed by atoms with E-state index in [0.717, 1.165) is 18.5 Å². The lowest BCUT2D eigenvalue weighted by Gasteiger charge is -2.26. The van der Waals surface area contributed by atoms with Gasteiger partial charge in [-0.2, -0.15) is 0 Å². The number of amides is 1. The van der Waals surface area contributed by atoms with Crippen LogP contribution < -0.4 is 16.0 Å². The van der Waals surface area contributed by atoms with Crippen LogP contribution in [0.4, 0.5) is 11.4 Å². The Labute approximate surface area is 124 Å². The second-order valence-electron chi connectivity index (χ2n) is 5.67. The smallest absolute Gasteiger partial charge is 0.238 e. The summed E-state index contributed by atoms with van der Waals surface area (Å²) in [7, 11) is 3.88. The van der Waals surface area contributed by atoms with Gasteiger partial charge in [0, 0.05) is 25.5 Å². The Morgan fingerprint density at radius 2 is 2.05 bits per heavy atom. The predicted octanol–water partition coefficient (Wildman–Crippen LogP) is 2.00. The number of hydrogen-bond acceptors (Lipinski definition) is 4. The highest BCUT2D eigenvalue weighted by Gasteiger charge is 2.45. The van der Waals surface area contributed by atoms with Crippen molar-refractivity contribution < 1.29 is 10.0 Å². The molecule has 0 atom stereocenters. The van der Waals surface area contributed by atoms with Crippen LogP contribution in [0, 0.1) is 5.41 Å². The Hall–Kier alpha value is -2.24. The summed E-state index contributed by atoms with van der Waals surface area (Å²) in [6.07, 6.45) is 3.03. The Kier molecular flexibility index (Phi) is 4.35. The van der Waals surface area contributed by atoms with Crippen LogP contribution in [0.2, 0.25) is 0 Å². The highest BCUT2D eigenvalue weighted by atomic mass is 16.4. The van der Waals surface area contributed by atoms with Gasteiger partial charge in [-0.15, -0.1) is 0 Å². The van der Waals surface area contributed by atoms with Crippen LogP contribution in [0.1, 0.15) is 25.7 Å². The number of nitrogens with zero attached hydrogens (tertiary/aromatic N) is 2. The molecule has 1 amide bonds. The third-order valence-electron chi connectivity index (χ3n) is 4.11. The number of carbonyl (C=O) groups excluding carboxylic acids is 1. The topological polar surface area (TPSA) is 91.0 Å². The third kappa shape index (κ3) is 2.94. The van der Waals surface area contributed by atoms with Crippen LogP contribution >= 0.6 is 0 Å². The van der Waals surface area contributed by atoms with Gasteiger partial charge in [0.1, 0.15) is 5.41 Å². The van der Waals surface area contributed by atoms with Crippen LogP contribution in [0.15, 0.2) is 29.4 Å². The van der Waals surface area contributed by atoms with E-state index >= 15 is 0 Å². The fourth-order valence-corrected chi connectivity index (χ4v) is 2.79. The zero-order valence-electron chi connectivity index (χ0n) is 12.5. The van der Waals surface area contributed by atoms with Gasteiger partial charge in [0.05, 0.1) is 0 Å². The zero-order valence-corrected chi connectivity index (χ0v) is 12.5. The second-order valence-corrected chi connectivity index (χ2v) is 5.67. The molecule has 0 aromatic heterocycles. The summed E-state index contributed by atoms with van der Waals surface area (Å²) in [5.74, 6) is -0.201. The van der Waals surface area contributed by atoms with Crippen molar-refractivity contribution in [2.45, 2.75) is 25.7 Å². The third-order valence-corrected chi connectivity index (χ3v) is 4.11. The Morgan fingerprint density at radius 1 is 1.38 bits per heavy atom. The van der Waals surface area contributed by atoms with E-state index in [1.807, 2.05) is 43.3 Å². The van der Waals surface area contributed by atoms with E-state index in [0.29, 0.717) is 18.5 Å². The normalized spacial score (nSPS) is 17.5. The molecule has 1 aromatic carbocycles. The average Bonchev–Trinajstić information content (AvgIpc) is 2.97. The second kappa shape index (κ2) is 6.03. The van der Waals surface area contributed by atoms with E-state index in [2.05, 4.69) is 10.5 Å². The van der Waals surface area contributed by atoms with Crippen molar-refractivity contribution >= 4 is 23.1 Å². The Bertz CT molecular complexity index is 548. The lowest BCUT2D eigenvalue weighted by atomic mass is 9.83. The van der Waals surface area contributed by atoms with E-state index < -0.39 is 5.41 Å². The lowest BCUT2D eigenvalue weighted by Crippen LogP contribution is -2.45. The van der Waals surface area contributed by atoms with E-state index in [9.17, 15) is 4.79 Å². The van der Waals surface area contributed by atoms with Gasteiger partial charge < -0.3 is 21.2 Å². The van der Waals surface area contributed by atoms with Gasteiger partial charge in [-0.25, -0.2) is 0 Å². The molecule has 1 aliphatic carbocycles. The van der Waals surface area contributed by atoms with Crippen LogP contribution in [0.5, 0.6) is 0 Å². The molecule has 1 saturated carbocycles. The molecular formula is C15H22N4O2. The molecule has 21 heavy (non-hydrogen) atoms. The van der Waals surface area contributed by atoms with Gasteiger partial charge in [0.2, 0.25) is 5.91 Å². The number of anilines is 2.